The smallest absolute Gasteiger partial charge is 0.114 e. The zero-order valence-corrected chi connectivity index (χ0v) is 13.6. The number of hydrogen-bond acceptors (Lipinski definition) is 3. The first-order valence-corrected chi connectivity index (χ1v) is 8.02. The molecule has 0 fully saturated rings. The molecule has 0 aliphatic heterocycles. The van der Waals surface area contributed by atoms with Gasteiger partial charge in [-0.1, -0.05) is 24.8 Å². The summed E-state index contributed by atoms with van der Waals surface area (Å²) in [6.07, 6.45) is 2.89. The average Bonchev–Trinajstić information content (AvgIpc) is 2.79. The largest absolute Gasteiger partial charge is 0.468 e. The Bertz CT molecular complexity index is 539. The number of aryl methyl sites for hydroxylation is 1. The molecule has 0 aliphatic carbocycles. The van der Waals surface area contributed by atoms with Crippen LogP contribution in [0.25, 0.3) is 0 Å². The summed E-state index contributed by atoms with van der Waals surface area (Å²) in [5, 5.41) is 3.41. The van der Waals surface area contributed by atoms with Crippen molar-refractivity contribution in [3.63, 3.8) is 0 Å². The molecule has 0 radical (unpaired) electrons. The number of nitrogens with one attached hydrogen (secondary N) is 1. The second kappa shape index (κ2) is 7.17. The Morgan fingerprint density at radius 1 is 1.26 bits per heavy atom. The first kappa shape index (κ1) is 14.7. The van der Waals surface area contributed by atoms with Gasteiger partial charge in [0.15, 0.2) is 0 Å². The number of hydrogen-bond donors (Lipinski definition) is 1. The van der Waals surface area contributed by atoms with E-state index in [1.54, 1.807) is 18.0 Å². The van der Waals surface area contributed by atoms with Crippen molar-refractivity contribution in [1.82, 2.24) is 5.32 Å². The summed E-state index contributed by atoms with van der Waals surface area (Å²) in [7, 11) is 0. The fourth-order valence-corrected chi connectivity index (χ4v) is 3.26. The third kappa shape index (κ3) is 4.13. The van der Waals surface area contributed by atoms with Gasteiger partial charge in [-0.25, -0.2) is 0 Å². The molecule has 102 valence electrons. The fraction of sp³-hybridized carbons (Fsp3) is 0.333. The Labute approximate surface area is 127 Å². The summed E-state index contributed by atoms with van der Waals surface area (Å²) in [5.74, 6) is 0.964. The van der Waals surface area contributed by atoms with Crippen molar-refractivity contribution in [2.75, 3.05) is 6.54 Å². The lowest BCUT2D eigenvalue weighted by Crippen LogP contribution is -2.13. The Morgan fingerprint density at radius 2 is 2.11 bits per heavy atom. The molecular weight excluding hydrogens is 322 g/mol. The number of furan rings is 1. The number of benzene rings is 1. The lowest BCUT2D eigenvalue weighted by atomic mass is 10.2. The lowest BCUT2D eigenvalue weighted by molar-refractivity contribution is 0.527. The van der Waals surface area contributed by atoms with Crippen molar-refractivity contribution in [2.24, 2.45) is 0 Å². The van der Waals surface area contributed by atoms with Crippen LogP contribution in [-0.4, -0.2) is 6.54 Å². The van der Waals surface area contributed by atoms with E-state index in [0.29, 0.717) is 0 Å². The highest BCUT2D eigenvalue weighted by Gasteiger charge is 2.07. The van der Waals surface area contributed by atoms with Gasteiger partial charge in [-0.15, -0.1) is 0 Å². The number of halogens is 1. The predicted molar refractivity (Wildman–Crippen MR) is 83.7 cm³/mol. The maximum Gasteiger partial charge on any atom is 0.114 e. The number of rotatable bonds is 6. The highest BCUT2D eigenvalue weighted by atomic mass is 79.9. The van der Waals surface area contributed by atoms with Crippen molar-refractivity contribution in [1.29, 1.82) is 0 Å². The highest BCUT2D eigenvalue weighted by molar-refractivity contribution is 9.10. The van der Waals surface area contributed by atoms with Gasteiger partial charge in [0.1, 0.15) is 5.76 Å². The van der Waals surface area contributed by atoms with Crippen molar-refractivity contribution in [3.8, 4) is 0 Å². The van der Waals surface area contributed by atoms with E-state index in [-0.39, 0.29) is 0 Å². The highest BCUT2D eigenvalue weighted by Crippen LogP contribution is 2.36. The molecule has 1 heterocycles. The van der Waals surface area contributed by atoms with Crippen LogP contribution in [0.15, 0.2) is 49.2 Å². The molecule has 1 aromatic carbocycles. The van der Waals surface area contributed by atoms with Gasteiger partial charge in [-0.2, -0.15) is 0 Å². The zero-order valence-electron chi connectivity index (χ0n) is 11.2. The van der Waals surface area contributed by atoms with Crippen LogP contribution >= 0.6 is 27.7 Å². The summed E-state index contributed by atoms with van der Waals surface area (Å²) in [6.45, 7) is 6.14. The van der Waals surface area contributed by atoms with Crippen molar-refractivity contribution >= 4 is 27.7 Å². The van der Waals surface area contributed by atoms with E-state index >= 15 is 0 Å². The summed E-state index contributed by atoms with van der Waals surface area (Å²) >= 11 is 5.37. The quantitative estimate of drug-likeness (QED) is 0.749. The SMILES string of the molecule is CCCNCc1ccc(Sc2ccoc2C)c(Br)c1. The van der Waals surface area contributed by atoms with Crippen LogP contribution in [0.1, 0.15) is 24.7 Å². The molecule has 4 heteroatoms. The maximum atomic E-state index is 5.32. The van der Waals surface area contributed by atoms with E-state index in [2.05, 4.69) is 46.4 Å². The summed E-state index contributed by atoms with van der Waals surface area (Å²) in [6, 6.07) is 8.51. The first-order chi connectivity index (χ1) is 9.20. The van der Waals surface area contributed by atoms with Gasteiger partial charge < -0.3 is 9.73 Å². The van der Waals surface area contributed by atoms with Gasteiger partial charge in [-0.05, 0) is 59.6 Å². The summed E-state index contributed by atoms with van der Waals surface area (Å²) < 4.78 is 6.45. The van der Waals surface area contributed by atoms with Crippen LogP contribution in [0.2, 0.25) is 0 Å². The van der Waals surface area contributed by atoms with Crippen LogP contribution in [-0.2, 0) is 6.54 Å². The van der Waals surface area contributed by atoms with Crippen LogP contribution in [0, 0.1) is 6.92 Å². The maximum absolute atomic E-state index is 5.32. The van der Waals surface area contributed by atoms with Crippen LogP contribution in [0.5, 0.6) is 0 Å². The zero-order chi connectivity index (χ0) is 13.7. The van der Waals surface area contributed by atoms with Crippen LogP contribution < -0.4 is 5.32 Å². The van der Waals surface area contributed by atoms with Crippen molar-refractivity contribution < 1.29 is 4.42 Å². The molecule has 0 bridgehead atoms. The normalized spacial score (nSPS) is 10.9. The van der Waals surface area contributed by atoms with Crippen LogP contribution in [0.4, 0.5) is 0 Å². The Hall–Kier alpha value is -0.710. The third-order valence-electron chi connectivity index (χ3n) is 2.78. The van der Waals surface area contributed by atoms with E-state index in [0.717, 1.165) is 34.6 Å². The standard InChI is InChI=1S/C15H18BrNOS/c1-3-7-17-10-12-4-5-15(13(16)9-12)19-14-6-8-18-11(14)2/h4-6,8-9,17H,3,7,10H2,1-2H3. The molecule has 1 aromatic heterocycles. The van der Waals surface area contributed by atoms with Crippen LogP contribution in [0.3, 0.4) is 0 Å². The molecule has 0 saturated heterocycles. The van der Waals surface area contributed by atoms with Gasteiger partial charge in [0.25, 0.3) is 0 Å². The van der Waals surface area contributed by atoms with E-state index < -0.39 is 0 Å². The Kier molecular flexibility index (Phi) is 5.55. The molecule has 2 rings (SSSR count). The molecular formula is C15H18BrNOS. The van der Waals surface area contributed by atoms with Gasteiger partial charge in [0, 0.05) is 15.9 Å². The average molecular weight is 340 g/mol. The molecule has 0 unspecified atom stereocenters. The molecule has 0 saturated carbocycles. The second-order valence-corrected chi connectivity index (χ2v) is 6.32. The van der Waals surface area contributed by atoms with Gasteiger partial charge >= 0.3 is 0 Å². The molecule has 2 aromatic rings. The lowest BCUT2D eigenvalue weighted by Gasteiger charge is -2.07. The van der Waals surface area contributed by atoms with Crippen molar-refractivity contribution in [3.05, 3.63) is 46.3 Å². The molecule has 19 heavy (non-hydrogen) atoms. The van der Waals surface area contributed by atoms with E-state index in [9.17, 15) is 0 Å². The van der Waals surface area contributed by atoms with Crippen molar-refractivity contribution in [2.45, 2.75) is 36.6 Å². The molecule has 2 nitrogen and oxygen atoms in total. The van der Waals surface area contributed by atoms with Gasteiger partial charge in [0.2, 0.25) is 0 Å². The fourth-order valence-electron chi connectivity index (χ4n) is 1.74. The second-order valence-electron chi connectivity index (χ2n) is 4.38. The van der Waals surface area contributed by atoms with Gasteiger partial charge in [-0.3, -0.25) is 0 Å². The Balaban J connectivity index is 2.05. The monoisotopic (exact) mass is 339 g/mol. The first-order valence-electron chi connectivity index (χ1n) is 6.41. The topological polar surface area (TPSA) is 25.2 Å². The third-order valence-corrected chi connectivity index (χ3v) is 4.92. The summed E-state index contributed by atoms with van der Waals surface area (Å²) in [4.78, 5) is 2.38. The molecule has 0 amide bonds. The minimum absolute atomic E-state index is 0.919. The van der Waals surface area contributed by atoms with E-state index in [1.165, 1.54) is 10.5 Å². The molecule has 0 aliphatic rings. The predicted octanol–water partition coefficient (Wildman–Crippen LogP) is 5.00. The minimum atomic E-state index is 0.919. The molecule has 1 N–H and O–H groups in total. The Morgan fingerprint density at radius 3 is 2.74 bits per heavy atom. The molecule has 0 spiro atoms. The van der Waals surface area contributed by atoms with Gasteiger partial charge in [0.05, 0.1) is 11.2 Å². The minimum Gasteiger partial charge on any atom is -0.468 e. The summed E-state index contributed by atoms with van der Waals surface area (Å²) in [5.41, 5.74) is 1.30. The van der Waals surface area contributed by atoms with E-state index in [4.69, 9.17) is 4.42 Å². The molecule has 0 atom stereocenters. The van der Waals surface area contributed by atoms with E-state index in [1.807, 2.05) is 13.0 Å².